The number of rotatable bonds is 4. The maximum atomic E-state index is 10.8. The minimum Gasteiger partial charge on any atom is -0.378 e. The van der Waals surface area contributed by atoms with Crippen LogP contribution in [0.25, 0.3) is 5.78 Å². The Balaban J connectivity index is 2.61. The van der Waals surface area contributed by atoms with E-state index in [9.17, 15) is 8.42 Å². The van der Waals surface area contributed by atoms with Gasteiger partial charge in [-0.2, -0.15) is 17.9 Å². The van der Waals surface area contributed by atoms with E-state index in [0.717, 1.165) is 0 Å². The second-order valence-electron chi connectivity index (χ2n) is 3.47. The van der Waals surface area contributed by atoms with Crippen LogP contribution in [-0.4, -0.2) is 35.1 Å². The van der Waals surface area contributed by atoms with Gasteiger partial charge in [0, 0.05) is 7.11 Å². The van der Waals surface area contributed by atoms with Gasteiger partial charge in [0.25, 0.3) is 5.78 Å². The molecule has 0 bridgehead atoms. The van der Waals surface area contributed by atoms with Crippen molar-refractivity contribution in [3.63, 3.8) is 0 Å². The van der Waals surface area contributed by atoms with Gasteiger partial charge < -0.3 is 8.92 Å². The molecular formula is C8H8Cl2N4O4S. The molecule has 0 fully saturated rings. The predicted octanol–water partition coefficient (Wildman–Crippen LogP) is 1.09. The van der Waals surface area contributed by atoms with Gasteiger partial charge in [0.2, 0.25) is 0 Å². The van der Waals surface area contributed by atoms with E-state index >= 15 is 0 Å². The van der Waals surface area contributed by atoms with Crippen molar-refractivity contribution < 1.29 is 17.3 Å². The molecular weight excluding hydrogens is 319 g/mol. The highest BCUT2D eigenvalue weighted by atomic mass is 35.7. The van der Waals surface area contributed by atoms with E-state index in [4.69, 9.17) is 27.0 Å². The Morgan fingerprint density at radius 3 is 2.63 bits per heavy atom. The van der Waals surface area contributed by atoms with E-state index in [-0.39, 0.29) is 12.4 Å². The molecule has 0 saturated heterocycles. The molecule has 0 unspecified atom stereocenters. The number of aromatic nitrogens is 4. The summed E-state index contributed by atoms with van der Waals surface area (Å²) in [6.07, 6.45) is 0. The molecule has 0 N–H and O–H groups in total. The van der Waals surface area contributed by atoms with Crippen LogP contribution in [0, 0.1) is 6.92 Å². The molecule has 2 heterocycles. The number of ether oxygens (including phenoxy) is 1. The fraction of sp³-hybridized carbons (Fsp3) is 0.375. The molecule has 0 aliphatic heterocycles. The molecule has 104 valence electrons. The van der Waals surface area contributed by atoms with Crippen LogP contribution in [0.15, 0.2) is 0 Å². The first kappa shape index (κ1) is 14.3. The second kappa shape index (κ2) is 5.08. The lowest BCUT2D eigenvalue weighted by molar-refractivity contribution is 0.179. The summed E-state index contributed by atoms with van der Waals surface area (Å²) in [4.78, 5) is 7.84. The predicted molar refractivity (Wildman–Crippen MR) is 66.6 cm³/mol. The van der Waals surface area contributed by atoms with Crippen LogP contribution in [-0.2, 0) is 20.7 Å². The average molecular weight is 327 g/mol. The second-order valence-corrected chi connectivity index (χ2v) is 5.94. The zero-order chi connectivity index (χ0) is 14.2. The third-order valence-corrected chi connectivity index (χ3v) is 3.15. The summed E-state index contributed by atoms with van der Waals surface area (Å²) in [5.41, 5.74) is 0.981. The van der Waals surface area contributed by atoms with Crippen molar-refractivity contribution in [1.29, 1.82) is 0 Å². The Labute approximate surface area is 117 Å². The lowest BCUT2D eigenvalue weighted by Crippen LogP contribution is -2.05. The summed E-state index contributed by atoms with van der Waals surface area (Å²) in [5.74, 6) is 0.129. The smallest absolute Gasteiger partial charge is 0.378 e. The topological polar surface area (TPSA) is 95.7 Å². The Morgan fingerprint density at radius 2 is 2.05 bits per heavy atom. The van der Waals surface area contributed by atoms with Gasteiger partial charge in [-0.05, 0) is 6.92 Å². The van der Waals surface area contributed by atoms with E-state index < -0.39 is 15.3 Å². The number of methoxy groups -OCH3 is 1. The minimum absolute atomic E-state index is 0.129. The van der Waals surface area contributed by atoms with Crippen LogP contribution >= 0.6 is 22.3 Å². The average Bonchev–Trinajstić information content (AvgIpc) is 2.64. The lowest BCUT2D eigenvalue weighted by Gasteiger charge is -2.06. The van der Waals surface area contributed by atoms with Crippen LogP contribution in [0.5, 0.6) is 6.01 Å². The molecule has 2 aromatic rings. The third-order valence-electron chi connectivity index (χ3n) is 2.12. The maximum Gasteiger partial charge on any atom is 0.403 e. The van der Waals surface area contributed by atoms with Crippen molar-refractivity contribution in [1.82, 2.24) is 19.6 Å². The van der Waals surface area contributed by atoms with Crippen molar-refractivity contribution in [2.24, 2.45) is 0 Å². The van der Waals surface area contributed by atoms with Crippen molar-refractivity contribution in [3.05, 3.63) is 16.4 Å². The van der Waals surface area contributed by atoms with E-state index in [1.165, 1.54) is 11.6 Å². The van der Waals surface area contributed by atoms with Crippen LogP contribution in [0.2, 0.25) is 5.02 Å². The molecule has 0 spiro atoms. The number of nitrogens with zero attached hydrogens (tertiary/aromatic N) is 4. The molecule has 0 saturated carbocycles. The Morgan fingerprint density at radius 1 is 1.37 bits per heavy atom. The Hall–Kier alpha value is -1.16. The van der Waals surface area contributed by atoms with E-state index in [1.807, 2.05) is 0 Å². The van der Waals surface area contributed by atoms with Crippen molar-refractivity contribution in [3.8, 4) is 6.01 Å². The van der Waals surface area contributed by atoms with Gasteiger partial charge in [0.1, 0.15) is 0 Å². The van der Waals surface area contributed by atoms with Gasteiger partial charge >= 0.3 is 15.3 Å². The number of hydrogen-bond acceptors (Lipinski definition) is 7. The molecule has 11 heteroatoms. The minimum atomic E-state index is -4.23. The molecule has 8 nitrogen and oxygen atoms in total. The monoisotopic (exact) mass is 326 g/mol. The highest BCUT2D eigenvalue weighted by molar-refractivity contribution is 8.10. The van der Waals surface area contributed by atoms with Crippen molar-refractivity contribution >= 4 is 37.4 Å². The highest BCUT2D eigenvalue weighted by Crippen LogP contribution is 2.22. The summed E-state index contributed by atoms with van der Waals surface area (Å²) in [6.45, 7) is 1.82. The van der Waals surface area contributed by atoms with E-state index in [1.54, 1.807) is 6.92 Å². The quantitative estimate of drug-likeness (QED) is 0.776. The summed E-state index contributed by atoms with van der Waals surface area (Å²) in [7, 11) is 2.20. The zero-order valence-corrected chi connectivity index (χ0v) is 12.1. The van der Waals surface area contributed by atoms with Crippen molar-refractivity contribution in [2.45, 2.75) is 13.5 Å². The number of aryl methyl sites for hydroxylation is 1. The van der Waals surface area contributed by atoms with Gasteiger partial charge in [-0.1, -0.05) is 11.6 Å². The van der Waals surface area contributed by atoms with E-state index in [0.29, 0.717) is 16.4 Å². The van der Waals surface area contributed by atoms with Crippen LogP contribution in [0.4, 0.5) is 0 Å². The van der Waals surface area contributed by atoms with Crippen molar-refractivity contribution in [2.75, 3.05) is 7.11 Å². The summed E-state index contributed by atoms with van der Waals surface area (Å²) < 4.78 is 32.2. The first-order valence-corrected chi connectivity index (χ1v) is 7.48. The maximum absolute atomic E-state index is 10.8. The number of fused-ring (bicyclic) bond motifs is 1. The fourth-order valence-electron chi connectivity index (χ4n) is 1.43. The molecule has 19 heavy (non-hydrogen) atoms. The lowest BCUT2D eigenvalue weighted by atomic mass is 10.3. The standard InChI is InChI=1S/C8H8Cl2N4O4S/c1-4-6(9)5(3-17-2)14-7(11-4)12-8(13-14)18-19(10,15)16/h3H2,1-2H3. The normalized spacial score (nSPS) is 12.0. The highest BCUT2D eigenvalue weighted by Gasteiger charge is 2.18. The SMILES string of the molecule is COCc1c(Cl)c(C)nc2nc(OS(=O)(=O)Cl)nn12. The summed E-state index contributed by atoms with van der Waals surface area (Å²) in [5, 5.41) is 4.16. The first-order chi connectivity index (χ1) is 8.81. The van der Waals surface area contributed by atoms with Gasteiger partial charge in [-0.15, -0.1) is 5.10 Å². The van der Waals surface area contributed by atoms with Crippen LogP contribution < -0.4 is 4.18 Å². The molecule has 2 aromatic heterocycles. The first-order valence-electron chi connectivity index (χ1n) is 4.86. The van der Waals surface area contributed by atoms with Gasteiger partial charge in [-0.3, -0.25) is 0 Å². The Kier molecular flexibility index (Phi) is 3.81. The number of hydrogen-bond donors (Lipinski definition) is 0. The largest absolute Gasteiger partial charge is 0.403 e. The molecule has 0 atom stereocenters. The van der Waals surface area contributed by atoms with Gasteiger partial charge in [0.15, 0.2) is 0 Å². The molecule has 0 aliphatic carbocycles. The van der Waals surface area contributed by atoms with E-state index in [2.05, 4.69) is 19.2 Å². The molecule has 0 radical (unpaired) electrons. The molecule has 0 amide bonds. The Bertz CT molecular complexity index is 730. The van der Waals surface area contributed by atoms with Gasteiger partial charge in [0.05, 0.1) is 33.7 Å². The summed E-state index contributed by atoms with van der Waals surface area (Å²) in [6, 6.07) is -0.443. The zero-order valence-electron chi connectivity index (χ0n) is 9.79. The molecule has 2 rings (SSSR count). The fourth-order valence-corrected chi connectivity index (χ4v) is 2.02. The van der Waals surface area contributed by atoms with Crippen LogP contribution in [0.3, 0.4) is 0 Å². The van der Waals surface area contributed by atoms with Gasteiger partial charge in [-0.25, -0.2) is 4.98 Å². The summed E-state index contributed by atoms with van der Waals surface area (Å²) >= 11 is 6.08. The number of halogens is 2. The molecule has 0 aromatic carbocycles. The van der Waals surface area contributed by atoms with Crippen LogP contribution in [0.1, 0.15) is 11.4 Å². The molecule has 0 aliphatic rings. The third kappa shape index (κ3) is 3.06.